The van der Waals surface area contributed by atoms with E-state index in [2.05, 4.69) is 28.9 Å². The lowest BCUT2D eigenvalue weighted by Gasteiger charge is -2.15. The molecule has 4 heteroatoms. The zero-order chi connectivity index (χ0) is 19.6. The van der Waals surface area contributed by atoms with Crippen molar-refractivity contribution in [1.82, 2.24) is 0 Å². The van der Waals surface area contributed by atoms with Crippen molar-refractivity contribution in [3.63, 3.8) is 0 Å². The summed E-state index contributed by atoms with van der Waals surface area (Å²) in [6, 6.07) is 16.9. The number of rotatable bonds is 9. The summed E-state index contributed by atoms with van der Waals surface area (Å²) in [7, 11) is 0. The lowest BCUT2D eigenvalue weighted by Crippen LogP contribution is -2.10. The molecule has 0 spiro atoms. The molecule has 2 rings (SSSR count). The van der Waals surface area contributed by atoms with Gasteiger partial charge in [0.15, 0.2) is 5.78 Å². The first-order valence-electron chi connectivity index (χ1n) is 9.23. The second-order valence-corrected chi connectivity index (χ2v) is 7.47. The molecule has 0 fully saturated rings. The van der Waals surface area contributed by atoms with Crippen LogP contribution < -0.4 is 4.74 Å². The average Bonchev–Trinajstić information content (AvgIpc) is 2.66. The molecule has 0 heterocycles. The molecule has 142 valence electrons. The first-order valence-corrected chi connectivity index (χ1v) is 10.0. The van der Waals surface area contributed by atoms with Crippen molar-refractivity contribution in [2.75, 3.05) is 0 Å². The van der Waals surface area contributed by atoms with Gasteiger partial charge in [-0.1, -0.05) is 77.8 Å². The van der Waals surface area contributed by atoms with Gasteiger partial charge in [-0.3, -0.25) is 9.59 Å². The molecule has 2 aromatic carbocycles. The Morgan fingerprint density at radius 1 is 1.07 bits per heavy atom. The zero-order valence-corrected chi connectivity index (χ0v) is 17.4. The van der Waals surface area contributed by atoms with Crippen molar-refractivity contribution in [1.29, 1.82) is 0 Å². The first-order chi connectivity index (χ1) is 13.0. The molecule has 1 unspecified atom stereocenters. The van der Waals surface area contributed by atoms with Gasteiger partial charge in [0.1, 0.15) is 5.75 Å². The Labute approximate surface area is 169 Å². The summed E-state index contributed by atoms with van der Waals surface area (Å²) in [6.07, 6.45) is 5.61. The van der Waals surface area contributed by atoms with Gasteiger partial charge in [0.25, 0.3) is 0 Å². The molecule has 0 aliphatic rings. The lowest BCUT2D eigenvalue weighted by atomic mass is 9.90. The molecule has 0 saturated carbocycles. The van der Waals surface area contributed by atoms with E-state index in [4.69, 9.17) is 4.74 Å². The molecular formula is C23H25BrO3. The Kier molecular flexibility index (Phi) is 8.46. The highest BCUT2D eigenvalue weighted by Gasteiger charge is 2.19. The van der Waals surface area contributed by atoms with Crippen LogP contribution in [0.3, 0.4) is 0 Å². The third-order valence-electron chi connectivity index (χ3n) is 4.23. The Hall–Kier alpha value is -2.20. The molecule has 0 bridgehead atoms. The number of allylic oxidation sites excluding steroid dienone is 2. The summed E-state index contributed by atoms with van der Waals surface area (Å²) >= 11 is 3.65. The second-order valence-electron chi connectivity index (χ2n) is 6.45. The number of ketones is 1. The van der Waals surface area contributed by atoms with E-state index in [-0.39, 0.29) is 11.7 Å². The molecule has 0 aliphatic heterocycles. The predicted octanol–water partition coefficient (Wildman–Crippen LogP) is 6.44. The van der Waals surface area contributed by atoms with E-state index in [1.54, 1.807) is 24.3 Å². The summed E-state index contributed by atoms with van der Waals surface area (Å²) in [5, 5.41) is 0. The first kappa shape index (κ1) is 21.1. The van der Waals surface area contributed by atoms with Crippen molar-refractivity contribution in [3.05, 3.63) is 76.3 Å². The van der Waals surface area contributed by atoms with Gasteiger partial charge in [-0.05, 0) is 35.0 Å². The van der Waals surface area contributed by atoms with Gasteiger partial charge in [0.05, 0.1) is 5.56 Å². The SMILES string of the molecule is CCCC/C(Br)=C/C(CC(=O)c1ccccc1OC(C)=O)c1ccccc1. The highest BCUT2D eigenvalue weighted by molar-refractivity contribution is 9.11. The molecular weight excluding hydrogens is 404 g/mol. The summed E-state index contributed by atoms with van der Waals surface area (Å²) < 4.78 is 6.31. The van der Waals surface area contributed by atoms with Gasteiger partial charge < -0.3 is 4.74 Å². The number of ether oxygens (including phenoxy) is 1. The van der Waals surface area contributed by atoms with Crippen LogP contribution >= 0.6 is 15.9 Å². The Balaban J connectivity index is 2.27. The maximum absolute atomic E-state index is 13.0. The van der Waals surface area contributed by atoms with Crippen LogP contribution in [0.2, 0.25) is 0 Å². The second kappa shape index (κ2) is 10.8. The maximum atomic E-state index is 13.0. The van der Waals surface area contributed by atoms with E-state index in [1.165, 1.54) is 6.92 Å². The normalized spacial score (nSPS) is 12.5. The standard InChI is InChI=1S/C23H25BrO3/c1-3-4-12-20(24)15-19(18-10-6-5-7-11-18)16-22(26)21-13-8-9-14-23(21)27-17(2)25/h5-11,13-15,19H,3-4,12,16H2,1-2H3/b20-15-. The predicted molar refractivity (Wildman–Crippen MR) is 112 cm³/mol. The molecule has 0 amide bonds. The van der Waals surface area contributed by atoms with Crippen LogP contribution in [-0.4, -0.2) is 11.8 Å². The van der Waals surface area contributed by atoms with Crippen molar-refractivity contribution in [2.45, 2.75) is 45.4 Å². The monoisotopic (exact) mass is 428 g/mol. The van der Waals surface area contributed by atoms with Crippen LogP contribution in [-0.2, 0) is 4.79 Å². The summed E-state index contributed by atoms with van der Waals surface area (Å²) in [4.78, 5) is 24.3. The average molecular weight is 429 g/mol. The molecule has 0 N–H and O–H groups in total. The number of unbranched alkanes of at least 4 members (excludes halogenated alkanes) is 1. The van der Waals surface area contributed by atoms with E-state index < -0.39 is 5.97 Å². The van der Waals surface area contributed by atoms with Crippen LogP contribution in [0.1, 0.15) is 61.4 Å². The van der Waals surface area contributed by atoms with Crippen molar-refractivity contribution >= 4 is 27.7 Å². The third-order valence-corrected chi connectivity index (χ3v) is 4.89. The molecule has 0 radical (unpaired) electrons. The molecule has 3 nitrogen and oxygen atoms in total. The number of carbonyl (C=O) groups is 2. The van der Waals surface area contributed by atoms with Crippen LogP contribution in [0.4, 0.5) is 0 Å². The summed E-state index contributed by atoms with van der Waals surface area (Å²) in [5.41, 5.74) is 1.52. The Morgan fingerprint density at radius 3 is 2.41 bits per heavy atom. The quantitative estimate of drug-likeness (QED) is 0.262. The molecule has 0 aliphatic carbocycles. The number of para-hydroxylation sites is 1. The highest BCUT2D eigenvalue weighted by Crippen LogP contribution is 2.30. The summed E-state index contributed by atoms with van der Waals surface area (Å²) in [6.45, 7) is 3.49. The van der Waals surface area contributed by atoms with Crippen molar-refractivity contribution in [2.24, 2.45) is 0 Å². The summed E-state index contributed by atoms with van der Waals surface area (Å²) in [5.74, 6) is -0.212. The van der Waals surface area contributed by atoms with Gasteiger partial charge in [0, 0.05) is 19.3 Å². The molecule has 0 aromatic heterocycles. The molecule has 27 heavy (non-hydrogen) atoms. The third kappa shape index (κ3) is 6.79. The number of Topliss-reactive ketones (excluding diaryl/α,β-unsaturated/α-hetero) is 1. The topological polar surface area (TPSA) is 43.4 Å². The van der Waals surface area contributed by atoms with Crippen LogP contribution in [0.5, 0.6) is 5.75 Å². The van der Waals surface area contributed by atoms with Crippen molar-refractivity contribution < 1.29 is 14.3 Å². The maximum Gasteiger partial charge on any atom is 0.308 e. The minimum absolute atomic E-state index is 0.0460. The van der Waals surface area contributed by atoms with E-state index in [0.29, 0.717) is 17.7 Å². The van der Waals surface area contributed by atoms with Gasteiger partial charge >= 0.3 is 5.97 Å². The number of carbonyl (C=O) groups excluding carboxylic acids is 2. The van der Waals surface area contributed by atoms with Crippen molar-refractivity contribution in [3.8, 4) is 5.75 Å². The molecule has 0 saturated heterocycles. The fourth-order valence-electron chi connectivity index (χ4n) is 2.87. The minimum atomic E-state index is -0.433. The number of benzene rings is 2. The smallest absolute Gasteiger partial charge is 0.308 e. The minimum Gasteiger partial charge on any atom is -0.426 e. The zero-order valence-electron chi connectivity index (χ0n) is 15.8. The fraction of sp³-hybridized carbons (Fsp3) is 0.304. The van der Waals surface area contributed by atoms with Crippen LogP contribution in [0, 0.1) is 0 Å². The van der Waals surface area contributed by atoms with E-state index in [1.807, 2.05) is 30.3 Å². The lowest BCUT2D eigenvalue weighted by molar-refractivity contribution is -0.131. The highest BCUT2D eigenvalue weighted by atomic mass is 79.9. The largest absolute Gasteiger partial charge is 0.426 e. The number of esters is 1. The molecule has 1 atom stereocenters. The van der Waals surface area contributed by atoms with E-state index in [0.717, 1.165) is 29.3 Å². The van der Waals surface area contributed by atoms with E-state index >= 15 is 0 Å². The Bertz CT molecular complexity index is 796. The number of halogens is 1. The van der Waals surface area contributed by atoms with E-state index in [9.17, 15) is 9.59 Å². The molecule has 2 aromatic rings. The Morgan fingerprint density at radius 2 is 1.74 bits per heavy atom. The van der Waals surface area contributed by atoms with Gasteiger partial charge in [-0.15, -0.1) is 0 Å². The number of hydrogen-bond acceptors (Lipinski definition) is 3. The van der Waals surface area contributed by atoms with Crippen LogP contribution in [0.15, 0.2) is 65.2 Å². The van der Waals surface area contributed by atoms with Crippen LogP contribution in [0.25, 0.3) is 0 Å². The fourth-order valence-corrected chi connectivity index (χ4v) is 3.47. The van der Waals surface area contributed by atoms with Gasteiger partial charge in [-0.25, -0.2) is 0 Å². The number of hydrogen-bond donors (Lipinski definition) is 0. The van der Waals surface area contributed by atoms with Gasteiger partial charge in [-0.2, -0.15) is 0 Å². The van der Waals surface area contributed by atoms with Gasteiger partial charge in [0.2, 0.25) is 0 Å².